The van der Waals surface area contributed by atoms with E-state index >= 15 is 0 Å². The van der Waals surface area contributed by atoms with Crippen LogP contribution in [-0.4, -0.2) is 6.04 Å². The van der Waals surface area contributed by atoms with Crippen molar-refractivity contribution in [3.05, 3.63) is 22.4 Å². The SMILES string of the molecule is CCCC(NC1CC(C)(C)CC(C)(C)C1)c1cccs1. The van der Waals surface area contributed by atoms with E-state index in [0.717, 1.165) is 0 Å². The summed E-state index contributed by atoms with van der Waals surface area (Å²) in [4.78, 5) is 1.51. The minimum Gasteiger partial charge on any atom is -0.306 e. The van der Waals surface area contributed by atoms with Crippen LogP contribution in [0.25, 0.3) is 0 Å². The van der Waals surface area contributed by atoms with Gasteiger partial charge in [-0.05, 0) is 48.0 Å². The molecular weight excluding hydrogens is 262 g/mol. The molecule has 1 unspecified atom stereocenters. The van der Waals surface area contributed by atoms with Gasteiger partial charge in [0, 0.05) is 17.0 Å². The Morgan fingerprint density at radius 2 is 1.90 bits per heavy atom. The predicted molar refractivity (Wildman–Crippen MR) is 90.3 cm³/mol. The van der Waals surface area contributed by atoms with Crippen LogP contribution in [0.4, 0.5) is 0 Å². The fourth-order valence-electron chi connectivity index (χ4n) is 4.33. The number of hydrogen-bond donors (Lipinski definition) is 1. The summed E-state index contributed by atoms with van der Waals surface area (Å²) in [6, 6.07) is 5.68. The van der Waals surface area contributed by atoms with Gasteiger partial charge in [-0.1, -0.05) is 47.1 Å². The molecule has 2 rings (SSSR count). The maximum Gasteiger partial charge on any atom is 0.0416 e. The predicted octanol–water partition coefficient (Wildman–Crippen LogP) is 5.78. The van der Waals surface area contributed by atoms with Gasteiger partial charge in [-0.3, -0.25) is 0 Å². The van der Waals surface area contributed by atoms with Crippen LogP contribution in [0.5, 0.6) is 0 Å². The van der Waals surface area contributed by atoms with Crippen molar-refractivity contribution in [3.63, 3.8) is 0 Å². The van der Waals surface area contributed by atoms with Crippen molar-refractivity contribution in [2.24, 2.45) is 10.8 Å². The molecule has 1 saturated carbocycles. The Hall–Kier alpha value is -0.340. The molecule has 0 amide bonds. The van der Waals surface area contributed by atoms with E-state index in [0.29, 0.717) is 22.9 Å². The molecule has 1 nitrogen and oxygen atoms in total. The fraction of sp³-hybridized carbons (Fsp3) is 0.778. The highest BCUT2D eigenvalue weighted by Crippen LogP contribution is 2.46. The van der Waals surface area contributed by atoms with Crippen molar-refractivity contribution in [2.75, 3.05) is 0 Å². The largest absolute Gasteiger partial charge is 0.306 e. The smallest absolute Gasteiger partial charge is 0.0416 e. The highest BCUT2D eigenvalue weighted by molar-refractivity contribution is 7.10. The van der Waals surface area contributed by atoms with Crippen molar-refractivity contribution in [2.45, 2.75) is 78.8 Å². The fourth-order valence-corrected chi connectivity index (χ4v) is 5.16. The standard InChI is InChI=1S/C18H31NS/c1-6-8-15(16-9-7-10-20-16)19-14-11-17(2,3)13-18(4,5)12-14/h7,9-10,14-15,19H,6,8,11-13H2,1-5H3. The average Bonchev–Trinajstić information content (AvgIpc) is 2.77. The molecule has 1 N–H and O–H groups in total. The zero-order chi connectivity index (χ0) is 14.8. The van der Waals surface area contributed by atoms with E-state index in [2.05, 4.69) is 57.4 Å². The highest BCUT2D eigenvalue weighted by atomic mass is 32.1. The lowest BCUT2D eigenvalue weighted by Crippen LogP contribution is -2.45. The lowest BCUT2D eigenvalue weighted by Gasteiger charge is -2.46. The maximum atomic E-state index is 3.98. The summed E-state index contributed by atoms with van der Waals surface area (Å²) in [7, 11) is 0. The van der Waals surface area contributed by atoms with Gasteiger partial charge in [-0.25, -0.2) is 0 Å². The monoisotopic (exact) mass is 293 g/mol. The van der Waals surface area contributed by atoms with Crippen molar-refractivity contribution in [3.8, 4) is 0 Å². The first kappa shape index (κ1) is 16.0. The minimum atomic E-state index is 0.464. The van der Waals surface area contributed by atoms with Crippen LogP contribution < -0.4 is 5.32 Å². The second-order valence-electron chi connectivity index (χ2n) is 8.13. The third-order valence-electron chi connectivity index (χ3n) is 4.46. The van der Waals surface area contributed by atoms with Gasteiger partial charge in [0.05, 0.1) is 0 Å². The lowest BCUT2D eigenvalue weighted by molar-refractivity contribution is 0.0797. The molecule has 1 aliphatic rings. The normalized spacial score (nSPS) is 23.6. The summed E-state index contributed by atoms with van der Waals surface area (Å²) in [5.41, 5.74) is 0.928. The summed E-state index contributed by atoms with van der Waals surface area (Å²) >= 11 is 1.90. The molecular formula is C18H31NS. The molecule has 20 heavy (non-hydrogen) atoms. The molecule has 1 aromatic heterocycles. The molecule has 1 aromatic rings. The highest BCUT2D eigenvalue weighted by Gasteiger charge is 2.38. The Balaban J connectivity index is 2.06. The van der Waals surface area contributed by atoms with Gasteiger partial charge in [-0.2, -0.15) is 0 Å². The molecule has 1 heterocycles. The van der Waals surface area contributed by atoms with Crippen molar-refractivity contribution < 1.29 is 0 Å². The average molecular weight is 294 g/mol. The first-order valence-electron chi connectivity index (χ1n) is 8.11. The topological polar surface area (TPSA) is 12.0 Å². The summed E-state index contributed by atoms with van der Waals surface area (Å²) in [5.74, 6) is 0. The van der Waals surface area contributed by atoms with Gasteiger partial charge in [0.15, 0.2) is 0 Å². The van der Waals surface area contributed by atoms with Gasteiger partial charge in [0.2, 0.25) is 0 Å². The molecule has 2 heteroatoms. The molecule has 0 radical (unpaired) electrons. The van der Waals surface area contributed by atoms with Gasteiger partial charge in [0.1, 0.15) is 0 Å². The van der Waals surface area contributed by atoms with Gasteiger partial charge < -0.3 is 5.32 Å². The van der Waals surface area contributed by atoms with E-state index in [1.165, 1.54) is 37.0 Å². The van der Waals surface area contributed by atoms with E-state index in [1.807, 2.05) is 11.3 Å². The van der Waals surface area contributed by atoms with Gasteiger partial charge in [0.25, 0.3) is 0 Å². The Morgan fingerprint density at radius 1 is 1.25 bits per heavy atom. The Labute approximate surface area is 129 Å². The van der Waals surface area contributed by atoms with Crippen LogP contribution >= 0.6 is 11.3 Å². The minimum absolute atomic E-state index is 0.464. The molecule has 0 aromatic carbocycles. The lowest BCUT2D eigenvalue weighted by atomic mass is 9.63. The van der Waals surface area contributed by atoms with Crippen LogP contribution in [0.15, 0.2) is 17.5 Å². The molecule has 1 fully saturated rings. The zero-order valence-electron chi connectivity index (χ0n) is 13.8. The first-order valence-corrected chi connectivity index (χ1v) is 8.99. The Morgan fingerprint density at radius 3 is 2.40 bits per heavy atom. The Bertz CT molecular complexity index is 389. The molecule has 0 spiro atoms. The summed E-state index contributed by atoms with van der Waals surface area (Å²) in [6.45, 7) is 12.0. The van der Waals surface area contributed by atoms with Crippen molar-refractivity contribution in [1.82, 2.24) is 5.32 Å². The number of nitrogens with one attached hydrogen (secondary N) is 1. The van der Waals surface area contributed by atoms with Gasteiger partial charge in [-0.15, -0.1) is 11.3 Å². The molecule has 0 aliphatic heterocycles. The second-order valence-corrected chi connectivity index (χ2v) is 9.11. The summed E-state index contributed by atoms with van der Waals surface area (Å²) in [5, 5.41) is 6.18. The van der Waals surface area contributed by atoms with E-state index < -0.39 is 0 Å². The van der Waals surface area contributed by atoms with E-state index in [-0.39, 0.29) is 0 Å². The Kier molecular flexibility index (Phi) is 4.96. The number of hydrogen-bond acceptors (Lipinski definition) is 2. The van der Waals surface area contributed by atoms with Crippen molar-refractivity contribution in [1.29, 1.82) is 0 Å². The van der Waals surface area contributed by atoms with E-state index in [4.69, 9.17) is 0 Å². The van der Waals surface area contributed by atoms with Crippen LogP contribution in [-0.2, 0) is 0 Å². The maximum absolute atomic E-state index is 3.98. The number of thiophene rings is 1. The number of rotatable bonds is 5. The van der Waals surface area contributed by atoms with E-state index in [1.54, 1.807) is 0 Å². The zero-order valence-corrected chi connectivity index (χ0v) is 14.6. The molecule has 1 atom stereocenters. The molecule has 0 bridgehead atoms. The second kappa shape index (κ2) is 6.19. The van der Waals surface area contributed by atoms with Crippen LogP contribution in [0.1, 0.15) is 77.6 Å². The van der Waals surface area contributed by atoms with E-state index in [9.17, 15) is 0 Å². The third-order valence-corrected chi connectivity index (χ3v) is 5.44. The summed E-state index contributed by atoms with van der Waals surface area (Å²) in [6.07, 6.45) is 6.45. The van der Waals surface area contributed by atoms with Crippen LogP contribution in [0.3, 0.4) is 0 Å². The molecule has 1 aliphatic carbocycles. The molecule has 0 saturated heterocycles. The van der Waals surface area contributed by atoms with Crippen LogP contribution in [0, 0.1) is 10.8 Å². The quantitative estimate of drug-likeness (QED) is 0.725. The summed E-state index contributed by atoms with van der Waals surface area (Å²) < 4.78 is 0. The first-order chi connectivity index (χ1) is 9.31. The van der Waals surface area contributed by atoms with Crippen molar-refractivity contribution >= 4 is 11.3 Å². The molecule has 114 valence electrons. The third kappa shape index (κ3) is 4.33. The van der Waals surface area contributed by atoms with Crippen LogP contribution in [0.2, 0.25) is 0 Å². The van der Waals surface area contributed by atoms with Gasteiger partial charge >= 0.3 is 0 Å².